The van der Waals surface area contributed by atoms with E-state index in [1.807, 2.05) is 0 Å². The molecule has 0 aromatic carbocycles. The van der Waals surface area contributed by atoms with Crippen LogP contribution >= 0.6 is 15.9 Å². The number of Topliss-reactive ketones (excluding diaryl/α,β-unsaturated/α-hetero) is 1. The molecule has 0 saturated carbocycles. The molecule has 0 unspecified atom stereocenters. The fourth-order valence-corrected chi connectivity index (χ4v) is 4.42. The van der Waals surface area contributed by atoms with Gasteiger partial charge in [-0.2, -0.15) is 0 Å². The molecule has 0 aliphatic carbocycles. The Morgan fingerprint density at radius 3 is 1.85 bits per heavy atom. The van der Waals surface area contributed by atoms with Crippen LogP contribution in [-0.2, 0) is 23.7 Å². The quantitative estimate of drug-likeness (QED) is 0.0588. The van der Waals surface area contributed by atoms with E-state index in [-0.39, 0.29) is 6.42 Å². The lowest BCUT2D eigenvalue weighted by Crippen LogP contribution is -2.62. The Morgan fingerprint density at radius 2 is 1.28 bits per heavy atom. The Labute approximate surface area is 232 Å². The van der Waals surface area contributed by atoms with Gasteiger partial charge in [-0.1, -0.05) is 15.9 Å². The summed E-state index contributed by atoms with van der Waals surface area (Å²) < 4.78 is 21.0. The predicted molar refractivity (Wildman–Crippen MR) is 129 cm³/mol. The molecule has 14 atom stereocenters. The van der Waals surface area contributed by atoms with Crippen molar-refractivity contribution in [2.24, 2.45) is 0 Å². The zero-order chi connectivity index (χ0) is 29.4. The third kappa shape index (κ3) is 9.02. The van der Waals surface area contributed by atoms with Gasteiger partial charge in [0.25, 0.3) is 0 Å². The topological polar surface area (TPSA) is 277 Å². The number of ether oxygens (including phenoxy) is 4. The second-order valence-corrected chi connectivity index (χ2v) is 10.3. The summed E-state index contributed by atoms with van der Waals surface area (Å²) in [6.45, 7) is -2.13. The van der Waals surface area contributed by atoms with Gasteiger partial charge >= 0.3 is 0 Å². The molecular formula is C22H39BrO16. The van der Waals surface area contributed by atoms with E-state index in [2.05, 4.69) is 15.9 Å². The minimum atomic E-state index is -2.05. The second-order valence-electron chi connectivity index (χ2n) is 9.48. The molecule has 16 nitrogen and oxygen atoms in total. The maximum Gasteiger partial charge on any atom is 0.186 e. The number of alkyl halides is 1. The molecule has 2 fully saturated rings. The predicted octanol–water partition coefficient (Wildman–Crippen LogP) is -5.79. The molecule has 230 valence electrons. The van der Waals surface area contributed by atoms with Crippen LogP contribution in [0.4, 0.5) is 0 Å². The minimum Gasteiger partial charge on any atom is -0.394 e. The molecule has 0 aromatic heterocycles. The SMILES string of the molecule is O=C(CCCCBr)[C@H](O)[C@@H](O)[C@H](O)[C@H](O)CO[C@H]1O[C@H](CO[C@H]2O[C@H](CO)[C@@H](O)[C@H](O)[C@H]2O)[C@@H](O)[C@H](O)[C@H]1O. The summed E-state index contributed by atoms with van der Waals surface area (Å²) >= 11 is 3.19. The average molecular weight is 639 g/mol. The number of aliphatic hydroxyl groups excluding tert-OH is 11. The third-order valence-electron chi connectivity index (χ3n) is 6.58. The highest BCUT2D eigenvalue weighted by Gasteiger charge is 2.47. The largest absolute Gasteiger partial charge is 0.394 e. The van der Waals surface area contributed by atoms with Crippen molar-refractivity contribution in [3.05, 3.63) is 0 Å². The summed E-state index contributed by atoms with van der Waals surface area (Å²) in [5.41, 5.74) is 0. The molecule has 0 amide bonds. The number of hydrogen-bond acceptors (Lipinski definition) is 16. The molecule has 2 saturated heterocycles. The van der Waals surface area contributed by atoms with Gasteiger partial charge in [0.1, 0.15) is 73.2 Å². The van der Waals surface area contributed by atoms with Gasteiger partial charge in [0, 0.05) is 11.8 Å². The van der Waals surface area contributed by atoms with Crippen LogP contribution in [-0.4, -0.2) is 173 Å². The molecule has 17 heteroatoms. The highest BCUT2D eigenvalue weighted by atomic mass is 79.9. The van der Waals surface area contributed by atoms with Gasteiger partial charge in [-0.05, 0) is 12.8 Å². The first kappa shape index (κ1) is 34.7. The first-order chi connectivity index (χ1) is 18.3. The van der Waals surface area contributed by atoms with E-state index in [0.29, 0.717) is 18.2 Å². The first-order valence-electron chi connectivity index (χ1n) is 12.4. The van der Waals surface area contributed by atoms with Gasteiger partial charge < -0.3 is 75.1 Å². The highest BCUT2D eigenvalue weighted by Crippen LogP contribution is 2.26. The Kier molecular flexibility index (Phi) is 14.5. The zero-order valence-electron chi connectivity index (χ0n) is 20.9. The van der Waals surface area contributed by atoms with Crippen molar-refractivity contribution < 1.29 is 79.9 Å². The van der Waals surface area contributed by atoms with Gasteiger partial charge in [0.2, 0.25) is 0 Å². The molecule has 0 bridgehead atoms. The van der Waals surface area contributed by atoms with Gasteiger partial charge in [-0.15, -0.1) is 0 Å². The zero-order valence-corrected chi connectivity index (χ0v) is 22.5. The van der Waals surface area contributed by atoms with Gasteiger partial charge in [0.15, 0.2) is 18.4 Å². The lowest BCUT2D eigenvalue weighted by molar-refractivity contribution is -0.333. The van der Waals surface area contributed by atoms with Crippen molar-refractivity contribution in [2.75, 3.05) is 25.2 Å². The van der Waals surface area contributed by atoms with Crippen molar-refractivity contribution in [3.63, 3.8) is 0 Å². The molecule has 2 rings (SSSR count). The normalized spacial score (nSPS) is 38.7. The van der Waals surface area contributed by atoms with Crippen LogP contribution in [0.1, 0.15) is 19.3 Å². The van der Waals surface area contributed by atoms with Crippen molar-refractivity contribution in [1.82, 2.24) is 0 Å². The van der Waals surface area contributed by atoms with E-state index in [1.165, 1.54) is 0 Å². The highest BCUT2D eigenvalue weighted by molar-refractivity contribution is 9.09. The Hall–Kier alpha value is -0.450. The van der Waals surface area contributed by atoms with E-state index in [0.717, 1.165) is 0 Å². The molecule has 2 aliphatic heterocycles. The smallest absolute Gasteiger partial charge is 0.186 e. The van der Waals surface area contributed by atoms with E-state index in [1.54, 1.807) is 0 Å². The number of rotatable bonds is 15. The number of carbonyl (C=O) groups excluding carboxylic acids is 1. The molecule has 39 heavy (non-hydrogen) atoms. The third-order valence-corrected chi connectivity index (χ3v) is 7.14. The number of carbonyl (C=O) groups is 1. The van der Waals surface area contributed by atoms with Gasteiger partial charge in [0.05, 0.1) is 19.8 Å². The lowest BCUT2D eigenvalue weighted by Gasteiger charge is -2.42. The van der Waals surface area contributed by atoms with E-state index in [4.69, 9.17) is 18.9 Å². The summed E-state index contributed by atoms with van der Waals surface area (Å²) in [4.78, 5) is 12.0. The van der Waals surface area contributed by atoms with Gasteiger partial charge in [-0.3, -0.25) is 4.79 Å². The maximum absolute atomic E-state index is 12.0. The first-order valence-corrected chi connectivity index (χ1v) is 13.5. The van der Waals surface area contributed by atoms with Crippen molar-refractivity contribution in [3.8, 4) is 0 Å². The van der Waals surface area contributed by atoms with E-state index < -0.39 is 111 Å². The minimum absolute atomic E-state index is 0.0575. The summed E-state index contributed by atoms with van der Waals surface area (Å²) in [5, 5.41) is 111. The van der Waals surface area contributed by atoms with Crippen LogP contribution in [0.15, 0.2) is 0 Å². The lowest BCUT2D eigenvalue weighted by atomic mass is 9.97. The Bertz CT molecular complexity index is 732. The molecule has 0 radical (unpaired) electrons. The standard InChI is InChI=1S/C22H39BrO16/c23-4-2-1-3-8(25)12(27)16(31)13(28)9(26)6-36-21-20(35)18(33)15(30)11(39-21)7-37-22-19(34)17(32)14(29)10(5-24)38-22/h9-22,24,26-35H,1-7H2/t9-,10-,11-,12+,13-,14-,15-,16-,17+,18+,19-,20-,21+,22+/m1/s1. The average Bonchev–Trinajstić information content (AvgIpc) is 2.93. The van der Waals surface area contributed by atoms with Crippen LogP contribution < -0.4 is 0 Å². The Morgan fingerprint density at radius 1 is 0.744 bits per heavy atom. The number of ketones is 1. The summed E-state index contributed by atoms with van der Waals surface area (Å²) in [7, 11) is 0. The molecular weight excluding hydrogens is 600 g/mol. The fraction of sp³-hybridized carbons (Fsp3) is 0.955. The molecule has 11 N–H and O–H groups in total. The molecule has 2 aliphatic rings. The second kappa shape index (κ2) is 16.3. The number of hydrogen-bond donors (Lipinski definition) is 11. The monoisotopic (exact) mass is 638 g/mol. The van der Waals surface area contributed by atoms with Gasteiger partial charge in [-0.25, -0.2) is 0 Å². The molecule has 0 aromatic rings. The number of unbranched alkanes of at least 4 members (excludes halogenated alkanes) is 1. The van der Waals surface area contributed by atoms with Crippen molar-refractivity contribution in [1.29, 1.82) is 0 Å². The van der Waals surface area contributed by atoms with Crippen LogP contribution in [0.5, 0.6) is 0 Å². The number of aliphatic hydroxyl groups is 11. The summed E-state index contributed by atoms with van der Waals surface area (Å²) in [5.74, 6) is -0.735. The van der Waals surface area contributed by atoms with Crippen LogP contribution in [0.25, 0.3) is 0 Å². The van der Waals surface area contributed by atoms with E-state index in [9.17, 15) is 61.0 Å². The Balaban J connectivity index is 1.92. The number of halogens is 1. The van der Waals surface area contributed by atoms with Crippen LogP contribution in [0.2, 0.25) is 0 Å². The summed E-state index contributed by atoms with van der Waals surface area (Å²) in [6, 6.07) is 0. The van der Waals surface area contributed by atoms with Crippen LogP contribution in [0, 0.1) is 0 Å². The van der Waals surface area contributed by atoms with Crippen LogP contribution in [0.3, 0.4) is 0 Å². The van der Waals surface area contributed by atoms with Crippen molar-refractivity contribution >= 4 is 21.7 Å². The maximum atomic E-state index is 12.0. The van der Waals surface area contributed by atoms with E-state index >= 15 is 0 Å². The summed E-state index contributed by atoms with van der Waals surface area (Å²) in [6.07, 6.45) is -23.4. The molecule has 2 heterocycles. The fourth-order valence-electron chi connectivity index (χ4n) is 4.03. The van der Waals surface area contributed by atoms with Crippen molar-refractivity contribution in [2.45, 2.75) is 105 Å². The molecule has 0 spiro atoms.